The van der Waals surface area contributed by atoms with Gasteiger partial charge in [0, 0.05) is 18.8 Å². The van der Waals surface area contributed by atoms with Crippen molar-refractivity contribution in [2.45, 2.75) is 13.3 Å². The molecule has 0 bridgehead atoms. The fourth-order valence-corrected chi connectivity index (χ4v) is 1.59. The fraction of sp³-hybridized carbons (Fsp3) is 0.364. The van der Waals surface area contributed by atoms with Crippen molar-refractivity contribution in [3.05, 3.63) is 28.7 Å². The molecule has 0 N–H and O–H groups in total. The van der Waals surface area contributed by atoms with E-state index in [-0.39, 0.29) is 4.90 Å². The van der Waals surface area contributed by atoms with Crippen LogP contribution in [0.15, 0.2) is 27.0 Å². The summed E-state index contributed by atoms with van der Waals surface area (Å²) in [5.74, 6) is 0. The molecule has 0 saturated heterocycles. The van der Waals surface area contributed by atoms with Crippen LogP contribution in [-0.4, -0.2) is 13.2 Å². The van der Waals surface area contributed by atoms with Gasteiger partial charge in [-0.25, -0.2) is 0 Å². The van der Waals surface area contributed by atoms with Gasteiger partial charge in [-0.2, -0.15) is 0 Å². The van der Waals surface area contributed by atoms with Gasteiger partial charge in [-0.1, -0.05) is 6.07 Å². The third kappa shape index (κ3) is 2.46. The summed E-state index contributed by atoms with van der Waals surface area (Å²) in [4.78, 5) is 0.173. The number of ether oxygens (including phenoxy) is 1. The van der Waals surface area contributed by atoms with E-state index in [0.717, 1.165) is 25.2 Å². The summed E-state index contributed by atoms with van der Waals surface area (Å²) in [6.07, 6.45) is 0.872. The molecular weight excluding hydrogens is 212 g/mol. The minimum Gasteiger partial charge on any atom is -0.413 e. The first kappa shape index (κ1) is 10.4. The van der Waals surface area contributed by atoms with Crippen molar-refractivity contribution in [3.63, 3.8) is 0 Å². The summed E-state index contributed by atoms with van der Waals surface area (Å²) in [6.45, 7) is 3.45. The fourth-order valence-electron chi connectivity index (χ4n) is 1.41. The van der Waals surface area contributed by atoms with Crippen molar-refractivity contribution < 1.29 is 13.6 Å². The van der Waals surface area contributed by atoms with Gasteiger partial charge in [0.25, 0.3) is 0 Å². The highest BCUT2D eigenvalue weighted by molar-refractivity contribution is 7.71. The molecule has 1 aromatic carbocycles. The van der Waals surface area contributed by atoms with Crippen LogP contribution in [0.3, 0.4) is 0 Å². The topological polar surface area (TPSA) is 35.5 Å². The zero-order valence-electron chi connectivity index (χ0n) is 8.49. The lowest BCUT2D eigenvalue weighted by Gasteiger charge is -2.00. The average molecular weight is 224 g/mol. The SMILES string of the molecule is CCOCCc1ccc2oc(=S)oc2c1. The van der Waals surface area contributed by atoms with Gasteiger partial charge in [0.05, 0.1) is 6.61 Å². The maximum Gasteiger partial charge on any atom is 0.363 e. The van der Waals surface area contributed by atoms with E-state index in [9.17, 15) is 0 Å². The monoisotopic (exact) mass is 224 g/mol. The quantitative estimate of drug-likeness (QED) is 0.589. The molecule has 0 atom stereocenters. The lowest BCUT2D eigenvalue weighted by atomic mass is 10.1. The van der Waals surface area contributed by atoms with Crippen LogP contribution >= 0.6 is 12.2 Å². The van der Waals surface area contributed by atoms with Crippen LogP contribution in [0, 0.1) is 4.90 Å². The summed E-state index contributed by atoms with van der Waals surface area (Å²) < 4.78 is 15.7. The second-order valence-corrected chi connectivity index (χ2v) is 3.52. The normalized spacial score (nSPS) is 11.0. The van der Waals surface area contributed by atoms with Crippen LogP contribution in [-0.2, 0) is 11.2 Å². The minimum atomic E-state index is 0.173. The molecule has 1 heterocycles. The van der Waals surface area contributed by atoms with Crippen molar-refractivity contribution in [1.29, 1.82) is 0 Å². The predicted octanol–water partition coefficient (Wildman–Crippen LogP) is 3.33. The molecular formula is C11H12O3S. The predicted molar refractivity (Wildman–Crippen MR) is 59.5 cm³/mol. The molecule has 1 aromatic heterocycles. The lowest BCUT2D eigenvalue weighted by Crippen LogP contribution is -1.97. The first-order valence-corrected chi connectivity index (χ1v) is 5.30. The molecule has 0 aliphatic carbocycles. The van der Waals surface area contributed by atoms with Gasteiger partial charge in [0.15, 0.2) is 11.2 Å². The molecule has 0 fully saturated rings. The van der Waals surface area contributed by atoms with Gasteiger partial charge in [0.2, 0.25) is 0 Å². The molecule has 0 radical (unpaired) electrons. The summed E-state index contributed by atoms with van der Waals surface area (Å²) in [7, 11) is 0. The average Bonchev–Trinajstić information content (AvgIpc) is 2.57. The lowest BCUT2D eigenvalue weighted by molar-refractivity contribution is 0.151. The smallest absolute Gasteiger partial charge is 0.363 e. The third-order valence-electron chi connectivity index (χ3n) is 2.13. The maximum absolute atomic E-state index is 5.28. The molecule has 2 rings (SSSR count). The summed E-state index contributed by atoms with van der Waals surface area (Å²) in [5.41, 5.74) is 2.56. The van der Waals surface area contributed by atoms with Crippen LogP contribution in [0.4, 0.5) is 0 Å². The Morgan fingerprint density at radius 1 is 1.27 bits per heavy atom. The molecule has 0 aliphatic rings. The Balaban J connectivity index is 2.19. The van der Waals surface area contributed by atoms with Crippen molar-refractivity contribution in [2.75, 3.05) is 13.2 Å². The van der Waals surface area contributed by atoms with Crippen LogP contribution < -0.4 is 0 Å². The highest BCUT2D eigenvalue weighted by atomic mass is 32.1. The number of fused-ring (bicyclic) bond motifs is 1. The molecule has 0 saturated carbocycles. The van der Waals surface area contributed by atoms with E-state index in [1.165, 1.54) is 0 Å². The van der Waals surface area contributed by atoms with Gasteiger partial charge in [0.1, 0.15) is 0 Å². The summed E-state index contributed by atoms with van der Waals surface area (Å²) in [5, 5.41) is 0. The van der Waals surface area contributed by atoms with Crippen molar-refractivity contribution in [1.82, 2.24) is 0 Å². The van der Waals surface area contributed by atoms with Crippen molar-refractivity contribution in [3.8, 4) is 0 Å². The summed E-state index contributed by atoms with van der Waals surface area (Å²) >= 11 is 4.80. The highest BCUT2D eigenvalue weighted by Crippen LogP contribution is 2.18. The molecule has 2 aromatic rings. The van der Waals surface area contributed by atoms with E-state index in [1.54, 1.807) is 0 Å². The molecule has 4 heteroatoms. The number of hydrogen-bond donors (Lipinski definition) is 0. The zero-order valence-corrected chi connectivity index (χ0v) is 9.30. The van der Waals surface area contributed by atoms with Gasteiger partial charge >= 0.3 is 4.90 Å². The second kappa shape index (κ2) is 4.59. The Morgan fingerprint density at radius 2 is 2.07 bits per heavy atom. The molecule has 0 aliphatic heterocycles. The molecule has 0 unspecified atom stereocenters. The van der Waals surface area contributed by atoms with Crippen molar-refractivity contribution >= 4 is 23.4 Å². The first-order chi connectivity index (χ1) is 7.29. The van der Waals surface area contributed by atoms with Crippen LogP contribution in [0.1, 0.15) is 12.5 Å². The number of benzene rings is 1. The summed E-state index contributed by atoms with van der Waals surface area (Å²) in [6, 6.07) is 5.80. The van der Waals surface area contributed by atoms with E-state index >= 15 is 0 Å². The zero-order chi connectivity index (χ0) is 10.7. The molecule has 80 valence electrons. The van der Waals surface area contributed by atoms with Gasteiger partial charge < -0.3 is 13.6 Å². The maximum atomic E-state index is 5.28. The van der Waals surface area contributed by atoms with Gasteiger partial charge in [-0.15, -0.1) is 0 Å². The Labute approximate surface area is 92.6 Å². The second-order valence-electron chi connectivity index (χ2n) is 3.18. The number of rotatable bonds is 4. The van der Waals surface area contributed by atoms with Crippen LogP contribution in [0.2, 0.25) is 0 Å². The third-order valence-corrected chi connectivity index (χ3v) is 2.30. The molecule has 0 amide bonds. The van der Waals surface area contributed by atoms with E-state index in [4.69, 9.17) is 25.8 Å². The van der Waals surface area contributed by atoms with Gasteiger partial charge in [-0.05, 0) is 31.0 Å². The van der Waals surface area contributed by atoms with Crippen molar-refractivity contribution in [2.24, 2.45) is 0 Å². The van der Waals surface area contributed by atoms with Crippen LogP contribution in [0.5, 0.6) is 0 Å². The largest absolute Gasteiger partial charge is 0.413 e. The van der Waals surface area contributed by atoms with E-state index < -0.39 is 0 Å². The number of hydrogen-bond acceptors (Lipinski definition) is 4. The Hall–Kier alpha value is -1.13. The molecule has 3 nitrogen and oxygen atoms in total. The van der Waals surface area contributed by atoms with E-state index in [0.29, 0.717) is 11.2 Å². The van der Waals surface area contributed by atoms with Crippen LogP contribution in [0.25, 0.3) is 11.2 Å². The highest BCUT2D eigenvalue weighted by Gasteiger charge is 2.02. The molecule has 15 heavy (non-hydrogen) atoms. The standard InChI is InChI=1S/C11H12O3S/c1-2-12-6-5-8-3-4-9-10(7-8)14-11(15)13-9/h3-4,7H,2,5-6H2,1H3. The van der Waals surface area contributed by atoms with E-state index in [2.05, 4.69) is 0 Å². The minimum absolute atomic E-state index is 0.173. The Morgan fingerprint density at radius 3 is 2.87 bits per heavy atom. The van der Waals surface area contributed by atoms with E-state index in [1.807, 2.05) is 25.1 Å². The van der Waals surface area contributed by atoms with Gasteiger partial charge in [-0.3, -0.25) is 0 Å². The Kier molecular flexibility index (Phi) is 3.18. The Bertz CT molecular complexity index is 498. The first-order valence-electron chi connectivity index (χ1n) is 4.90. The molecule has 0 spiro atoms.